The zero-order valence-electron chi connectivity index (χ0n) is 8.52. The van der Waals surface area contributed by atoms with Gasteiger partial charge in [0.15, 0.2) is 0 Å². The molecule has 74 valence electrons. The van der Waals surface area contributed by atoms with E-state index in [0.717, 1.165) is 10.5 Å². The first-order valence-corrected chi connectivity index (χ1v) is 7.27. The molecular formula is C12H17NSn. The van der Waals surface area contributed by atoms with Crippen LogP contribution in [0.15, 0.2) is 30.3 Å². The summed E-state index contributed by atoms with van der Waals surface area (Å²) in [5.74, 6) is 0. The van der Waals surface area contributed by atoms with Crippen molar-refractivity contribution < 1.29 is 0 Å². The summed E-state index contributed by atoms with van der Waals surface area (Å²) in [6, 6.07) is 10.8. The summed E-state index contributed by atoms with van der Waals surface area (Å²) in [7, 11) is 0. The molecule has 1 aromatic carbocycles. The average molecular weight is 294 g/mol. The van der Waals surface area contributed by atoms with Crippen LogP contribution in [0.4, 0.5) is 0 Å². The monoisotopic (exact) mass is 295 g/mol. The zero-order chi connectivity index (χ0) is 9.80. The predicted molar refractivity (Wildman–Crippen MR) is 61.9 cm³/mol. The fourth-order valence-electron chi connectivity index (χ4n) is 1.95. The predicted octanol–water partition coefficient (Wildman–Crippen LogP) is 1.97. The Morgan fingerprint density at radius 1 is 1.14 bits per heavy atom. The molecule has 1 heterocycles. The number of likely N-dealkylation sites (tertiary alicyclic amines) is 1. The zero-order valence-corrected chi connectivity index (χ0v) is 11.8. The van der Waals surface area contributed by atoms with Crippen LogP contribution in [0.1, 0.15) is 18.4 Å². The molecule has 1 aliphatic rings. The number of hydrogen-bond acceptors (Lipinski definition) is 1. The third-order valence-corrected chi connectivity index (χ3v) is 4.78. The van der Waals surface area contributed by atoms with Gasteiger partial charge in [-0.05, 0) is 0 Å². The molecule has 2 rings (SSSR count). The Hall–Kier alpha value is -0.0213. The van der Waals surface area contributed by atoms with E-state index in [1.165, 1.54) is 54.0 Å². The van der Waals surface area contributed by atoms with Gasteiger partial charge in [-0.25, -0.2) is 0 Å². The van der Waals surface area contributed by atoms with Crippen LogP contribution in [-0.2, 0) is 6.54 Å². The van der Waals surface area contributed by atoms with Gasteiger partial charge in [0.1, 0.15) is 0 Å². The van der Waals surface area contributed by atoms with Crippen molar-refractivity contribution in [3.8, 4) is 0 Å². The van der Waals surface area contributed by atoms with Crippen LogP contribution in [0.5, 0.6) is 0 Å². The van der Waals surface area contributed by atoms with Gasteiger partial charge < -0.3 is 0 Å². The van der Waals surface area contributed by atoms with Crippen LogP contribution < -0.4 is 0 Å². The molecule has 0 spiro atoms. The fourth-order valence-corrected chi connectivity index (χ4v) is 2.80. The summed E-state index contributed by atoms with van der Waals surface area (Å²) in [5, 5.41) is 0. The average Bonchev–Trinajstić information content (AvgIpc) is 2.23. The molecule has 1 aromatic rings. The molecule has 0 unspecified atom stereocenters. The van der Waals surface area contributed by atoms with Gasteiger partial charge in [-0.2, -0.15) is 0 Å². The third-order valence-electron chi connectivity index (χ3n) is 2.88. The van der Waals surface area contributed by atoms with Crippen molar-refractivity contribution >= 4 is 22.5 Å². The van der Waals surface area contributed by atoms with Crippen molar-refractivity contribution in [3.63, 3.8) is 0 Å². The maximum atomic E-state index is 2.59. The van der Waals surface area contributed by atoms with Crippen molar-refractivity contribution in [1.29, 1.82) is 0 Å². The molecule has 2 heteroatoms. The third kappa shape index (κ3) is 2.99. The van der Waals surface area contributed by atoms with Gasteiger partial charge in [-0.15, -0.1) is 0 Å². The van der Waals surface area contributed by atoms with Gasteiger partial charge in [0, 0.05) is 0 Å². The van der Waals surface area contributed by atoms with E-state index in [-0.39, 0.29) is 0 Å². The first kappa shape index (κ1) is 10.5. The van der Waals surface area contributed by atoms with Crippen LogP contribution in [0.3, 0.4) is 0 Å². The Balaban J connectivity index is 1.87. The number of hydrogen-bond donors (Lipinski definition) is 0. The molecule has 2 radical (unpaired) electrons. The van der Waals surface area contributed by atoms with Crippen molar-refractivity contribution in [2.24, 2.45) is 0 Å². The summed E-state index contributed by atoms with van der Waals surface area (Å²) < 4.78 is 1.06. The summed E-state index contributed by atoms with van der Waals surface area (Å²) in [4.78, 5) is 2.59. The number of rotatable bonds is 2. The van der Waals surface area contributed by atoms with Crippen LogP contribution >= 0.6 is 0 Å². The van der Waals surface area contributed by atoms with Crippen molar-refractivity contribution in [1.82, 2.24) is 4.90 Å². The Morgan fingerprint density at radius 3 is 2.43 bits per heavy atom. The van der Waals surface area contributed by atoms with Crippen molar-refractivity contribution in [3.05, 3.63) is 35.9 Å². The van der Waals surface area contributed by atoms with E-state index in [0.29, 0.717) is 0 Å². The molecule has 0 amide bonds. The standard InChI is InChI=1S/C12H16N.Sn.H/c1-3-7-12(8-4-1)11-13-9-5-2-6-10-13;;/h1-4,7-8H,5-6,9-11H2;;. The molecule has 0 aliphatic carbocycles. The van der Waals surface area contributed by atoms with Gasteiger partial charge in [-0.3, -0.25) is 0 Å². The van der Waals surface area contributed by atoms with Crippen LogP contribution in [0.2, 0.25) is 3.93 Å². The maximum absolute atomic E-state index is 2.59. The van der Waals surface area contributed by atoms with E-state index < -0.39 is 0 Å². The first-order valence-electron chi connectivity index (χ1n) is 5.36. The topological polar surface area (TPSA) is 3.24 Å². The Morgan fingerprint density at radius 2 is 1.79 bits per heavy atom. The molecule has 14 heavy (non-hydrogen) atoms. The van der Waals surface area contributed by atoms with E-state index in [4.69, 9.17) is 0 Å². The summed E-state index contributed by atoms with van der Waals surface area (Å²) in [5.41, 5.74) is 1.46. The molecule has 0 atom stereocenters. The van der Waals surface area contributed by atoms with Gasteiger partial charge in [0.05, 0.1) is 0 Å². The fraction of sp³-hybridized carbons (Fsp3) is 0.500. The van der Waals surface area contributed by atoms with Crippen LogP contribution in [0, 0.1) is 0 Å². The van der Waals surface area contributed by atoms with Crippen molar-refractivity contribution in [2.75, 3.05) is 13.1 Å². The van der Waals surface area contributed by atoms with Gasteiger partial charge >= 0.3 is 99.7 Å². The minimum absolute atomic E-state index is 1.06. The minimum atomic E-state index is 1.06. The second-order valence-electron chi connectivity index (χ2n) is 4.10. The molecular weight excluding hydrogens is 277 g/mol. The van der Waals surface area contributed by atoms with Crippen molar-refractivity contribution in [2.45, 2.75) is 23.3 Å². The Kier molecular flexibility index (Phi) is 3.88. The molecule has 1 saturated heterocycles. The quantitative estimate of drug-likeness (QED) is 0.754. The molecule has 1 aliphatic heterocycles. The Labute approximate surface area is 99.6 Å². The van der Waals surface area contributed by atoms with Gasteiger partial charge in [-0.1, -0.05) is 0 Å². The molecule has 0 aromatic heterocycles. The Bertz CT molecular complexity index is 265. The molecule has 1 nitrogen and oxygen atoms in total. The van der Waals surface area contributed by atoms with Crippen LogP contribution in [-0.4, -0.2) is 40.5 Å². The normalized spacial score (nSPS) is 19.8. The molecule has 0 N–H and O–H groups in total. The number of nitrogens with zero attached hydrogens (tertiary/aromatic N) is 1. The molecule has 0 saturated carbocycles. The van der Waals surface area contributed by atoms with Gasteiger partial charge in [0.25, 0.3) is 0 Å². The van der Waals surface area contributed by atoms with E-state index in [9.17, 15) is 0 Å². The summed E-state index contributed by atoms with van der Waals surface area (Å²) in [6.45, 7) is 3.76. The van der Waals surface area contributed by atoms with E-state index >= 15 is 0 Å². The summed E-state index contributed by atoms with van der Waals surface area (Å²) >= 11 is 1.45. The molecule has 1 fully saturated rings. The van der Waals surface area contributed by atoms with Crippen LogP contribution in [0.25, 0.3) is 0 Å². The first-order chi connectivity index (χ1) is 6.84. The summed E-state index contributed by atoms with van der Waals surface area (Å²) in [6.07, 6.45) is 2.85. The second-order valence-corrected chi connectivity index (χ2v) is 6.79. The molecule has 0 bridgehead atoms. The van der Waals surface area contributed by atoms with E-state index in [1.54, 1.807) is 0 Å². The SMILES string of the molecule is [SnH][CH]1CCN(Cc2ccccc2)CC1. The number of piperidine rings is 1. The van der Waals surface area contributed by atoms with E-state index in [2.05, 4.69) is 35.2 Å². The van der Waals surface area contributed by atoms with Gasteiger partial charge in [0.2, 0.25) is 0 Å². The van der Waals surface area contributed by atoms with E-state index in [1.807, 2.05) is 0 Å². The second kappa shape index (κ2) is 5.17. The number of benzene rings is 1.